The van der Waals surface area contributed by atoms with E-state index >= 15 is 0 Å². The van der Waals surface area contributed by atoms with Gasteiger partial charge in [0.25, 0.3) is 5.91 Å². The minimum Gasteiger partial charge on any atom is -0.494 e. The van der Waals surface area contributed by atoms with Gasteiger partial charge in [0.05, 0.1) is 6.61 Å². The number of nitrogens with one attached hydrogen (secondary N) is 3. The minimum absolute atomic E-state index is 0.113. The first-order valence-electron chi connectivity index (χ1n) is 9.96. The van der Waals surface area contributed by atoms with Gasteiger partial charge in [0.1, 0.15) is 11.6 Å². The van der Waals surface area contributed by atoms with Crippen molar-refractivity contribution in [3.63, 3.8) is 0 Å². The van der Waals surface area contributed by atoms with E-state index in [1.54, 1.807) is 12.1 Å². The van der Waals surface area contributed by atoms with Crippen LogP contribution in [0.5, 0.6) is 5.75 Å². The normalized spacial score (nSPS) is 10.4. The highest BCUT2D eigenvalue weighted by Crippen LogP contribution is 2.13. The average Bonchev–Trinajstić information content (AvgIpc) is 2.69. The summed E-state index contributed by atoms with van der Waals surface area (Å²) in [6.45, 7) is 8.63. The molecule has 0 aliphatic carbocycles. The second kappa shape index (κ2) is 11.8. The number of anilines is 2. The number of unbranched alkanes of at least 4 members (excludes halogenated alkanes) is 2. The molecule has 152 valence electrons. The van der Waals surface area contributed by atoms with Crippen molar-refractivity contribution in [3.05, 3.63) is 41.6 Å². The van der Waals surface area contributed by atoms with Crippen molar-refractivity contribution in [1.82, 2.24) is 15.3 Å². The SMILES string of the molecule is CCCCCOc1ccc(C(=O)NCCNc2nc(C)cc(NCC)n2)cc1. The molecule has 7 heteroatoms. The quantitative estimate of drug-likeness (QED) is 0.484. The van der Waals surface area contributed by atoms with Crippen molar-refractivity contribution < 1.29 is 9.53 Å². The van der Waals surface area contributed by atoms with Gasteiger partial charge in [0.15, 0.2) is 0 Å². The zero-order chi connectivity index (χ0) is 20.2. The maximum atomic E-state index is 12.2. The first-order chi connectivity index (χ1) is 13.6. The predicted molar refractivity (Wildman–Crippen MR) is 113 cm³/mol. The number of nitrogens with zero attached hydrogens (tertiary/aromatic N) is 2. The number of aryl methyl sites for hydroxylation is 1. The summed E-state index contributed by atoms with van der Waals surface area (Å²) in [7, 11) is 0. The van der Waals surface area contributed by atoms with Crippen LogP contribution in [0, 0.1) is 6.92 Å². The monoisotopic (exact) mass is 385 g/mol. The van der Waals surface area contributed by atoms with Gasteiger partial charge < -0.3 is 20.7 Å². The van der Waals surface area contributed by atoms with Crippen molar-refractivity contribution in [2.75, 3.05) is 36.9 Å². The van der Waals surface area contributed by atoms with Gasteiger partial charge in [0, 0.05) is 37.0 Å². The van der Waals surface area contributed by atoms with E-state index in [0.29, 0.717) is 31.2 Å². The molecular weight excluding hydrogens is 354 g/mol. The predicted octanol–water partition coefficient (Wildman–Crippen LogP) is 3.63. The van der Waals surface area contributed by atoms with Gasteiger partial charge in [-0.1, -0.05) is 19.8 Å². The summed E-state index contributed by atoms with van der Waals surface area (Å²) in [5.74, 6) is 2.02. The van der Waals surface area contributed by atoms with Crippen LogP contribution in [0.2, 0.25) is 0 Å². The Kier molecular flexibility index (Phi) is 9.04. The van der Waals surface area contributed by atoms with E-state index in [2.05, 4.69) is 32.8 Å². The topological polar surface area (TPSA) is 88.2 Å². The molecule has 3 N–H and O–H groups in total. The Balaban J connectivity index is 1.73. The van der Waals surface area contributed by atoms with Gasteiger partial charge in [0.2, 0.25) is 5.95 Å². The van der Waals surface area contributed by atoms with Crippen LogP contribution in [0.4, 0.5) is 11.8 Å². The summed E-state index contributed by atoms with van der Waals surface area (Å²) in [6.07, 6.45) is 3.38. The summed E-state index contributed by atoms with van der Waals surface area (Å²) in [5, 5.41) is 9.20. The second-order valence-electron chi connectivity index (χ2n) is 6.51. The second-order valence-corrected chi connectivity index (χ2v) is 6.51. The Labute approximate surface area is 167 Å². The molecule has 0 saturated heterocycles. The molecule has 0 bridgehead atoms. The number of carbonyl (C=O) groups excluding carboxylic acids is 1. The van der Waals surface area contributed by atoms with Crippen LogP contribution in [-0.2, 0) is 0 Å². The van der Waals surface area contributed by atoms with Crippen LogP contribution >= 0.6 is 0 Å². The minimum atomic E-state index is -0.113. The van der Waals surface area contributed by atoms with E-state index in [4.69, 9.17) is 4.74 Å². The first-order valence-corrected chi connectivity index (χ1v) is 9.96. The van der Waals surface area contributed by atoms with E-state index in [-0.39, 0.29) is 5.91 Å². The Morgan fingerprint density at radius 1 is 1.04 bits per heavy atom. The summed E-state index contributed by atoms with van der Waals surface area (Å²) >= 11 is 0. The highest BCUT2D eigenvalue weighted by atomic mass is 16.5. The van der Waals surface area contributed by atoms with Crippen molar-refractivity contribution in [1.29, 1.82) is 0 Å². The number of hydrogen-bond acceptors (Lipinski definition) is 6. The molecule has 0 atom stereocenters. The van der Waals surface area contributed by atoms with E-state index in [9.17, 15) is 4.79 Å². The molecule has 0 fully saturated rings. The molecule has 2 rings (SSSR count). The van der Waals surface area contributed by atoms with Gasteiger partial charge in [-0.05, 0) is 44.5 Å². The van der Waals surface area contributed by atoms with Gasteiger partial charge in [-0.3, -0.25) is 4.79 Å². The molecule has 0 unspecified atom stereocenters. The number of benzene rings is 1. The van der Waals surface area contributed by atoms with Gasteiger partial charge in [-0.15, -0.1) is 0 Å². The molecule has 0 aliphatic heterocycles. The Morgan fingerprint density at radius 3 is 2.54 bits per heavy atom. The van der Waals surface area contributed by atoms with Crippen molar-refractivity contribution in [2.45, 2.75) is 40.0 Å². The van der Waals surface area contributed by atoms with Crippen LogP contribution < -0.4 is 20.7 Å². The highest BCUT2D eigenvalue weighted by Gasteiger charge is 2.06. The van der Waals surface area contributed by atoms with Gasteiger partial charge >= 0.3 is 0 Å². The zero-order valence-corrected chi connectivity index (χ0v) is 17.0. The molecule has 1 aromatic carbocycles. The Bertz CT molecular complexity index is 734. The molecular formula is C21H31N5O2. The van der Waals surface area contributed by atoms with Crippen molar-refractivity contribution in [2.24, 2.45) is 0 Å². The molecule has 28 heavy (non-hydrogen) atoms. The molecule has 0 spiro atoms. The lowest BCUT2D eigenvalue weighted by molar-refractivity contribution is 0.0955. The van der Waals surface area contributed by atoms with Gasteiger partial charge in [-0.2, -0.15) is 4.98 Å². The van der Waals surface area contributed by atoms with E-state index < -0.39 is 0 Å². The van der Waals surface area contributed by atoms with Crippen LogP contribution in [0.15, 0.2) is 30.3 Å². The van der Waals surface area contributed by atoms with E-state index in [1.807, 2.05) is 32.0 Å². The number of hydrogen-bond donors (Lipinski definition) is 3. The average molecular weight is 386 g/mol. The fourth-order valence-electron chi connectivity index (χ4n) is 2.62. The third-order valence-corrected chi connectivity index (χ3v) is 4.04. The first kappa shape index (κ1) is 21.5. The van der Waals surface area contributed by atoms with Gasteiger partial charge in [-0.25, -0.2) is 4.98 Å². The molecule has 1 heterocycles. The lowest BCUT2D eigenvalue weighted by Crippen LogP contribution is -2.29. The maximum absolute atomic E-state index is 12.2. The fraction of sp³-hybridized carbons (Fsp3) is 0.476. The zero-order valence-electron chi connectivity index (χ0n) is 17.0. The molecule has 0 aliphatic rings. The number of carbonyl (C=O) groups is 1. The molecule has 1 amide bonds. The van der Waals surface area contributed by atoms with E-state index in [1.165, 1.54) is 12.8 Å². The number of ether oxygens (including phenoxy) is 1. The summed E-state index contributed by atoms with van der Waals surface area (Å²) in [4.78, 5) is 21.0. The number of rotatable bonds is 12. The molecule has 0 saturated carbocycles. The van der Waals surface area contributed by atoms with Crippen LogP contribution in [-0.4, -0.2) is 42.1 Å². The molecule has 0 radical (unpaired) electrons. The highest BCUT2D eigenvalue weighted by molar-refractivity contribution is 5.94. The standard InChI is InChI=1S/C21H31N5O2/c1-4-6-7-14-28-18-10-8-17(9-11-18)20(27)23-12-13-24-21-25-16(3)15-19(26-21)22-5-2/h8-11,15H,4-7,12-14H2,1-3H3,(H,23,27)(H2,22,24,25,26). The Hall–Kier alpha value is -2.83. The lowest BCUT2D eigenvalue weighted by atomic mass is 10.2. The molecule has 7 nitrogen and oxygen atoms in total. The van der Waals surface area contributed by atoms with E-state index in [0.717, 1.165) is 30.2 Å². The lowest BCUT2D eigenvalue weighted by Gasteiger charge is -2.10. The maximum Gasteiger partial charge on any atom is 0.251 e. The third-order valence-electron chi connectivity index (χ3n) is 4.04. The smallest absolute Gasteiger partial charge is 0.251 e. The summed E-state index contributed by atoms with van der Waals surface area (Å²) in [5.41, 5.74) is 1.50. The number of amides is 1. The fourth-order valence-corrected chi connectivity index (χ4v) is 2.62. The number of aromatic nitrogens is 2. The van der Waals surface area contributed by atoms with Crippen molar-refractivity contribution >= 4 is 17.7 Å². The Morgan fingerprint density at radius 2 is 1.82 bits per heavy atom. The summed E-state index contributed by atoms with van der Waals surface area (Å²) in [6, 6.07) is 9.13. The van der Waals surface area contributed by atoms with Crippen molar-refractivity contribution in [3.8, 4) is 5.75 Å². The molecule has 1 aromatic heterocycles. The van der Waals surface area contributed by atoms with Crippen LogP contribution in [0.25, 0.3) is 0 Å². The summed E-state index contributed by atoms with van der Waals surface area (Å²) < 4.78 is 5.67. The molecule has 2 aromatic rings. The van der Waals surface area contributed by atoms with Crippen LogP contribution in [0.3, 0.4) is 0 Å². The third kappa shape index (κ3) is 7.42. The van der Waals surface area contributed by atoms with Crippen LogP contribution in [0.1, 0.15) is 49.2 Å². The largest absolute Gasteiger partial charge is 0.494 e.